The molecule has 0 spiro atoms. The first kappa shape index (κ1) is 15.3. The summed E-state index contributed by atoms with van der Waals surface area (Å²) in [6, 6.07) is -0.360. The Kier molecular flexibility index (Phi) is 4.68. The van der Waals surface area contributed by atoms with Crippen LogP contribution in [0.3, 0.4) is 0 Å². The molecule has 2 fully saturated rings. The maximum absolute atomic E-state index is 12.7. The molecule has 2 aliphatic rings. The van der Waals surface area contributed by atoms with Crippen molar-refractivity contribution in [2.24, 2.45) is 5.92 Å². The molecule has 1 saturated carbocycles. The highest BCUT2D eigenvalue weighted by molar-refractivity contribution is 6.00. The highest BCUT2D eigenvalue weighted by Gasteiger charge is 2.56. The summed E-state index contributed by atoms with van der Waals surface area (Å²) >= 11 is 0. The molecule has 2 unspecified atom stereocenters. The van der Waals surface area contributed by atoms with E-state index in [4.69, 9.17) is 4.74 Å². The number of nitrogens with zero attached hydrogens (tertiary/aromatic N) is 1. The summed E-state index contributed by atoms with van der Waals surface area (Å²) in [6.07, 6.45) is 3.65. The highest BCUT2D eigenvalue weighted by atomic mass is 16.5. The minimum absolute atomic E-state index is 0.00884. The van der Waals surface area contributed by atoms with E-state index in [9.17, 15) is 9.59 Å². The summed E-state index contributed by atoms with van der Waals surface area (Å²) < 4.78 is 5.38. The summed E-state index contributed by atoms with van der Waals surface area (Å²) in [6.45, 7) is 7.51. The minimum atomic E-state index is -0.682. The number of carbonyl (C=O) groups excluding carboxylic acids is 2. The predicted octanol–water partition coefficient (Wildman–Crippen LogP) is 1.32. The molecule has 114 valence electrons. The molecule has 1 heterocycles. The number of hydrogen-bond donors (Lipinski definition) is 1. The van der Waals surface area contributed by atoms with E-state index in [2.05, 4.69) is 5.32 Å². The maximum atomic E-state index is 12.7. The fraction of sp³-hybridized carbons (Fsp3) is 0.867. The standard InChI is InChI=1S/C15H26N2O3/c1-4-6-12-13(18)17(9-10-20-5-2)15(3,11-7-8-11)14(19)16-12/h11-12H,4-10H2,1-3H3,(H,16,19). The van der Waals surface area contributed by atoms with Crippen molar-refractivity contribution in [3.8, 4) is 0 Å². The number of amides is 2. The van der Waals surface area contributed by atoms with E-state index in [1.165, 1.54) is 0 Å². The largest absolute Gasteiger partial charge is 0.380 e. The molecule has 1 saturated heterocycles. The van der Waals surface area contributed by atoms with Gasteiger partial charge < -0.3 is 15.0 Å². The SMILES string of the molecule is CCCC1NC(=O)C(C)(C2CC2)N(CCOCC)C1=O. The van der Waals surface area contributed by atoms with Gasteiger partial charge in [0.2, 0.25) is 11.8 Å². The van der Waals surface area contributed by atoms with Gasteiger partial charge in [-0.05, 0) is 39.0 Å². The molecule has 2 rings (SSSR count). The van der Waals surface area contributed by atoms with Gasteiger partial charge in [-0.25, -0.2) is 0 Å². The van der Waals surface area contributed by atoms with Crippen molar-refractivity contribution in [3.63, 3.8) is 0 Å². The Balaban J connectivity index is 2.17. The lowest BCUT2D eigenvalue weighted by Crippen LogP contribution is -2.70. The van der Waals surface area contributed by atoms with Crippen molar-refractivity contribution < 1.29 is 14.3 Å². The Bertz CT molecular complexity index is 381. The van der Waals surface area contributed by atoms with E-state index >= 15 is 0 Å². The fourth-order valence-electron chi connectivity index (χ4n) is 3.08. The van der Waals surface area contributed by atoms with Gasteiger partial charge in [0.25, 0.3) is 0 Å². The van der Waals surface area contributed by atoms with Crippen molar-refractivity contribution in [2.45, 2.75) is 58.0 Å². The van der Waals surface area contributed by atoms with Crippen LogP contribution in [0.25, 0.3) is 0 Å². The summed E-state index contributed by atoms with van der Waals surface area (Å²) in [5.41, 5.74) is -0.682. The average molecular weight is 282 g/mol. The van der Waals surface area contributed by atoms with Gasteiger partial charge in [0, 0.05) is 13.2 Å². The van der Waals surface area contributed by atoms with Gasteiger partial charge >= 0.3 is 0 Å². The minimum Gasteiger partial charge on any atom is -0.380 e. The first-order valence-corrected chi connectivity index (χ1v) is 7.75. The van der Waals surface area contributed by atoms with E-state index in [1.54, 1.807) is 4.90 Å². The molecule has 0 aromatic heterocycles. The van der Waals surface area contributed by atoms with Crippen molar-refractivity contribution in [3.05, 3.63) is 0 Å². The van der Waals surface area contributed by atoms with Crippen molar-refractivity contribution in [1.82, 2.24) is 10.2 Å². The van der Waals surface area contributed by atoms with Gasteiger partial charge in [-0.15, -0.1) is 0 Å². The zero-order valence-corrected chi connectivity index (χ0v) is 12.8. The van der Waals surface area contributed by atoms with Gasteiger partial charge in [0.05, 0.1) is 6.61 Å². The Morgan fingerprint density at radius 1 is 1.35 bits per heavy atom. The molecular formula is C15H26N2O3. The smallest absolute Gasteiger partial charge is 0.246 e. The van der Waals surface area contributed by atoms with Crippen molar-refractivity contribution >= 4 is 11.8 Å². The van der Waals surface area contributed by atoms with Gasteiger partial charge in [-0.1, -0.05) is 13.3 Å². The summed E-state index contributed by atoms with van der Waals surface area (Å²) in [5.74, 6) is 0.366. The van der Waals surface area contributed by atoms with Gasteiger partial charge in [-0.2, -0.15) is 0 Å². The molecule has 1 aliphatic carbocycles. The van der Waals surface area contributed by atoms with Crippen molar-refractivity contribution in [1.29, 1.82) is 0 Å². The number of rotatable bonds is 7. The normalized spacial score (nSPS) is 30.6. The predicted molar refractivity (Wildman–Crippen MR) is 76.2 cm³/mol. The number of ether oxygens (including phenoxy) is 1. The average Bonchev–Trinajstić information content (AvgIpc) is 3.25. The molecule has 1 aliphatic heterocycles. The van der Waals surface area contributed by atoms with E-state index in [1.807, 2.05) is 20.8 Å². The zero-order valence-electron chi connectivity index (χ0n) is 12.8. The first-order valence-electron chi connectivity index (χ1n) is 7.75. The lowest BCUT2D eigenvalue weighted by atomic mass is 9.87. The molecule has 20 heavy (non-hydrogen) atoms. The topological polar surface area (TPSA) is 58.6 Å². The molecule has 5 heteroatoms. The van der Waals surface area contributed by atoms with Crippen LogP contribution in [0.2, 0.25) is 0 Å². The Hall–Kier alpha value is -1.10. The van der Waals surface area contributed by atoms with Crippen molar-refractivity contribution in [2.75, 3.05) is 19.8 Å². The van der Waals surface area contributed by atoms with E-state index in [-0.39, 0.29) is 17.9 Å². The van der Waals surface area contributed by atoms with Gasteiger partial charge in [0.1, 0.15) is 11.6 Å². The third-order valence-electron chi connectivity index (χ3n) is 4.50. The monoisotopic (exact) mass is 282 g/mol. The molecule has 2 amide bonds. The number of hydrogen-bond acceptors (Lipinski definition) is 3. The van der Waals surface area contributed by atoms with Crippen LogP contribution in [0.15, 0.2) is 0 Å². The van der Waals surface area contributed by atoms with Crippen LogP contribution in [0, 0.1) is 5.92 Å². The molecule has 0 bridgehead atoms. The van der Waals surface area contributed by atoms with Crippen LogP contribution < -0.4 is 5.32 Å². The highest BCUT2D eigenvalue weighted by Crippen LogP contribution is 2.44. The maximum Gasteiger partial charge on any atom is 0.246 e. The zero-order chi connectivity index (χ0) is 14.8. The van der Waals surface area contributed by atoms with Crippen LogP contribution in [0.4, 0.5) is 0 Å². The molecular weight excluding hydrogens is 256 g/mol. The quantitative estimate of drug-likeness (QED) is 0.716. The number of carbonyl (C=O) groups is 2. The van der Waals surface area contributed by atoms with Gasteiger partial charge in [0.15, 0.2) is 0 Å². The molecule has 0 radical (unpaired) electrons. The van der Waals surface area contributed by atoms with E-state index < -0.39 is 5.54 Å². The molecule has 0 aromatic rings. The van der Waals surface area contributed by atoms with Crippen LogP contribution >= 0.6 is 0 Å². The molecule has 0 aromatic carbocycles. The molecule has 2 atom stereocenters. The first-order chi connectivity index (χ1) is 9.55. The Labute approximate surface area is 121 Å². The third kappa shape index (κ3) is 2.68. The lowest BCUT2D eigenvalue weighted by Gasteiger charge is -2.46. The summed E-state index contributed by atoms with van der Waals surface area (Å²) in [7, 11) is 0. The van der Waals surface area contributed by atoms with E-state index in [0.717, 1.165) is 19.3 Å². The van der Waals surface area contributed by atoms with E-state index in [0.29, 0.717) is 32.1 Å². The number of piperazine rings is 1. The fourth-order valence-corrected chi connectivity index (χ4v) is 3.08. The third-order valence-corrected chi connectivity index (χ3v) is 4.50. The van der Waals surface area contributed by atoms with Gasteiger partial charge in [-0.3, -0.25) is 9.59 Å². The summed E-state index contributed by atoms with van der Waals surface area (Å²) in [5, 5.41) is 2.93. The van der Waals surface area contributed by atoms with Crippen LogP contribution in [0.5, 0.6) is 0 Å². The second kappa shape index (κ2) is 6.12. The Morgan fingerprint density at radius 3 is 2.60 bits per heavy atom. The second-order valence-electron chi connectivity index (χ2n) is 5.92. The van der Waals surface area contributed by atoms with Crippen LogP contribution in [-0.2, 0) is 14.3 Å². The lowest BCUT2D eigenvalue weighted by molar-refractivity contribution is -0.159. The second-order valence-corrected chi connectivity index (χ2v) is 5.92. The molecule has 5 nitrogen and oxygen atoms in total. The summed E-state index contributed by atoms with van der Waals surface area (Å²) in [4.78, 5) is 27.0. The van der Waals surface area contributed by atoms with Crippen LogP contribution in [0.1, 0.15) is 46.5 Å². The molecule has 1 N–H and O–H groups in total. The Morgan fingerprint density at radius 2 is 2.05 bits per heavy atom. The number of nitrogens with one attached hydrogen (secondary N) is 1. The van der Waals surface area contributed by atoms with Crippen LogP contribution in [-0.4, -0.2) is 48.1 Å².